The van der Waals surface area contributed by atoms with Crippen LogP contribution in [-0.4, -0.2) is 35.9 Å². The summed E-state index contributed by atoms with van der Waals surface area (Å²) in [6, 6.07) is 0. The van der Waals surface area contributed by atoms with Crippen LogP contribution in [0.25, 0.3) is 0 Å². The van der Waals surface area contributed by atoms with Gasteiger partial charge in [0.25, 0.3) is 0 Å². The minimum Gasteiger partial charge on any atom is -0.441 e. The first-order valence-corrected chi connectivity index (χ1v) is 7.11. The van der Waals surface area contributed by atoms with E-state index in [-0.39, 0.29) is 11.9 Å². The molecule has 0 aromatic rings. The van der Waals surface area contributed by atoms with Crippen LogP contribution in [0.4, 0.5) is 0 Å². The van der Waals surface area contributed by atoms with Crippen LogP contribution in [0.3, 0.4) is 0 Å². The fourth-order valence-electron chi connectivity index (χ4n) is 3.86. The zero-order chi connectivity index (χ0) is 12.4. The highest BCUT2D eigenvalue weighted by atomic mass is 16.5. The van der Waals surface area contributed by atoms with Gasteiger partial charge in [0, 0.05) is 19.0 Å². The summed E-state index contributed by atoms with van der Waals surface area (Å²) >= 11 is 0. The van der Waals surface area contributed by atoms with Crippen molar-refractivity contribution in [2.24, 2.45) is 22.2 Å². The lowest BCUT2D eigenvalue weighted by Crippen LogP contribution is -2.68. The highest BCUT2D eigenvalue weighted by molar-refractivity contribution is 5.81. The number of nitrogens with zero attached hydrogens (tertiary/aromatic N) is 2. The second-order valence-corrected chi connectivity index (χ2v) is 6.85. The van der Waals surface area contributed by atoms with Crippen LogP contribution < -0.4 is 11.1 Å². The second-order valence-electron chi connectivity index (χ2n) is 6.85. The molecule has 100 valence electrons. The summed E-state index contributed by atoms with van der Waals surface area (Å²) < 4.78 is 5.79. The van der Waals surface area contributed by atoms with E-state index in [1.807, 2.05) is 5.01 Å². The molecule has 18 heavy (non-hydrogen) atoms. The van der Waals surface area contributed by atoms with Gasteiger partial charge >= 0.3 is 0 Å². The maximum absolute atomic E-state index is 6.06. The zero-order valence-electron chi connectivity index (χ0n) is 11.0. The number of nitrogens with two attached hydrogens (primary N) is 1. The molecule has 1 unspecified atom stereocenters. The summed E-state index contributed by atoms with van der Waals surface area (Å²) in [6.07, 6.45) is 6.38. The van der Waals surface area contributed by atoms with Crippen LogP contribution in [0.1, 0.15) is 39.0 Å². The highest BCUT2D eigenvalue weighted by Crippen LogP contribution is 2.59. The molecule has 0 bridgehead atoms. The van der Waals surface area contributed by atoms with Gasteiger partial charge in [-0.2, -0.15) is 0 Å². The van der Waals surface area contributed by atoms with Gasteiger partial charge in [-0.25, -0.2) is 5.01 Å². The average Bonchev–Trinajstić information content (AvgIpc) is 2.53. The van der Waals surface area contributed by atoms with E-state index >= 15 is 0 Å². The molecule has 1 saturated heterocycles. The SMILES string of the molecule is CC1(N2N=C(C3CC4(CCC4)C3)OC2N)CNC1. The lowest BCUT2D eigenvalue weighted by atomic mass is 9.52. The standard InChI is InChI=1S/C13H22N4O/c1-12(7-15-8-12)17-11(14)18-10(16-17)9-5-13(6-9)3-2-4-13/h9,11,15H,2-8,14H2,1H3. The third kappa shape index (κ3) is 1.37. The Labute approximate surface area is 108 Å². The number of hydrazone groups is 1. The monoisotopic (exact) mass is 250 g/mol. The quantitative estimate of drug-likeness (QED) is 0.761. The van der Waals surface area contributed by atoms with Gasteiger partial charge in [0.05, 0.1) is 5.54 Å². The average molecular weight is 250 g/mol. The molecule has 4 aliphatic rings. The number of nitrogens with one attached hydrogen (secondary N) is 1. The van der Waals surface area contributed by atoms with Crippen molar-refractivity contribution in [1.82, 2.24) is 10.3 Å². The Hall–Kier alpha value is -0.810. The maximum atomic E-state index is 6.06. The van der Waals surface area contributed by atoms with Crippen molar-refractivity contribution in [2.45, 2.75) is 50.9 Å². The molecular weight excluding hydrogens is 228 g/mol. The number of ether oxygens (including phenoxy) is 1. The van der Waals surface area contributed by atoms with Crippen molar-refractivity contribution in [3.63, 3.8) is 0 Å². The minimum atomic E-state index is -0.384. The van der Waals surface area contributed by atoms with Gasteiger partial charge in [-0.3, -0.25) is 5.73 Å². The van der Waals surface area contributed by atoms with Gasteiger partial charge in [-0.1, -0.05) is 6.42 Å². The summed E-state index contributed by atoms with van der Waals surface area (Å²) in [4.78, 5) is 0. The second kappa shape index (κ2) is 3.39. The van der Waals surface area contributed by atoms with Crippen molar-refractivity contribution >= 4 is 5.90 Å². The summed E-state index contributed by atoms with van der Waals surface area (Å²) in [6.45, 7) is 4.07. The van der Waals surface area contributed by atoms with E-state index < -0.39 is 0 Å². The van der Waals surface area contributed by atoms with Crippen LogP contribution in [0.2, 0.25) is 0 Å². The molecule has 0 aromatic heterocycles. The van der Waals surface area contributed by atoms with E-state index in [1.165, 1.54) is 32.1 Å². The van der Waals surface area contributed by atoms with E-state index in [1.54, 1.807) is 0 Å². The Balaban J connectivity index is 1.45. The first-order chi connectivity index (χ1) is 8.60. The molecule has 5 nitrogen and oxygen atoms in total. The fraction of sp³-hybridized carbons (Fsp3) is 0.923. The van der Waals surface area contributed by atoms with E-state index in [0.717, 1.165) is 19.0 Å². The Morgan fingerprint density at radius 3 is 2.61 bits per heavy atom. The lowest BCUT2D eigenvalue weighted by molar-refractivity contribution is -0.0480. The van der Waals surface area contributed by atoms with E-state index in [0.29, 0.717) is 11.3 Å². The first kappa shape index (κ1) is 11.1. The van der Waals surface area contributed by atoms with Gasteiger partial charge in [0.2, 0.25) is 12.2 Å². The fourth-order valence-corrected chi connectivity index (χ4v) is 3.86. The molecule has 5 heteroatoms. The van der Waals surface area contributed by atoms with Gasteiger partial charge in [-0.15, -0.1) is 5.10 Å². The highest BCUT2D eigenvalue weighted by Gasteiger charge is 2.53. The molecule has 0 amide bonds. The van der Waals surface area contributed by atoms with Gasteiger partial charge in [0.1, 0.15) is 0 Å². The van der Waals surface area contributed by atoms with E-state index in [2.05, 4.69) is 17.3 Å². The molecule has 2 saturated carbocycles. The molecule has 0 radical (unpaired) electrons. The molecule has 3 N–H and O–H groups in total. The van der Waals surface area contributed by atoms with Crippen molar-refractivity contribution in [3.8, 4) is 0 Å². The maximum Gasteiger partial charge on any atom is 0.244 e. The Morgan fingerprint density at radius 2 is 2.11 bits per heavy atom. The van der Waals surface area contributed by atoms with Gasteiger partial charge in [0.15, 0.2) is 0 Å². The first-order valence-electron chi connectivity index (χ1n) is 7.11. The summed E-state index contributed by atoms with van der Waals surface area (Å²) in [7, 11) is 0. The smallest absolute Gasteiger partial charge is 0.244 e. The molecule has 3 fully saturated rings. The summed E-state index contributed by atoms with van der Waals surface area (Å²) in [5.74, 6) is 1.42. The van der Waals surface area contributed by atoms with Gasteiger partial charge in [-0.05, 0) is 38.0 Å². The summed E-state index contributed by atoms with van der Waals surface area (Å²) in [5, 5.41) is 9.91. The van der Waals surface area contributed by atoms with E-state index in [4.69, 9.17) is 10.5 Å². The number of hydrogen-bond acceptors (Lipinski definition) is 5. The Kier molecular flexibility index (Phi) is 2.08. The largest absolute Gasteiger partial charge is 0.441 e. The number of rotatable bonds is 2. The van der Waals surface area contributed by atoms with Crippen LogP contribution in [0.15, 0.2) is 5.10 Å². The van der Waals surface area contributed by atoms with Crippen LogP contribution in [-0.2, 0) is 4.74 Å². The number of hydrogen-bond donors (Lipinski definition) is 2. The topological polar surface area (TPSA) is 62.9 Å². The van der Waals surface area contributed by atoms with Crippen LogP contribution in [0.5, 0.6) is 0 Å². The molecule has 0 aromatic carbocycles. The van der Waals surface area contributed by atoms with Crippen LogP contribution >= 0.6 is 0 Å². The zero-order valence-corrected chi connectivity index (χ0v) is 11.0. The van der Waals surface area contributed by atoms with Crippen LogP contribution in [0, 0.1) is 11.3 Å². The summed E-state index contributed by atoms with van der Waals surface area (Å²) in [5.41, 5.74) is 6.76. The van der Waals surface area contributed by atoms with Gasteiger partial charge < -0.3 is 10.1 Å². The predicted octanol–water partition coefficient (Wildman–Crippen LogP) is 0.817. The van der Waals surface area contributed by atoms with Crippen molar-refractivity contribution in [3.05, 3.63) is 0 Å². The third-order valence-electron chi connectivity index (χ3n) is 5.38. The Morgan fingerprint density at radius 1 is 1.39 bits per heavy atom. The molecule has 2 aliphatic carbocycles. The van der Waals surface area contributed by atoms with Crippen molar-refractivity contribution in [2.75, 3.05) is 13.1 Å². The molecule has 4 rings (SSSR count). The third-order valence-corrected chi connectivity index (χ3v) is 5.38. The van der Waals surface area contributed by atoms with Crippen molar-refractivity contribution in [1.29, 1.82) is 0 Å². The van der Waals surface area contributed by atoms with Crippen molar-refractivity contribution < 1.29 is 4.74 Å². The minimum absolute atomic E-state index is 0.0407. The molecule has 1 atom stereocenters. The molecule has 2 heterocycles. The predicted molar refractivity (Wildman–Crippen MR) is 68.6 cm³/mol. The Bertz CT molecular complexity index is 392. The molecule has 2 aliphatic heterocycles. The molecular formula is C13H22N4O. The lowest BCUT2D eigenvalue weighted by Gasteiger charge is -2.53. The molecule has 1 spiro atoms. The normalized spacial score (nSPS) is 36.4. The van der Waals surface area contributed by atoms with E-state index in [9.17, 15) is 0 Å².